The fourth-order valence-corrected chi connectivity index (χ4v) is 1.12. The van der Waals surface area contributed by atoms with E-state index < -0.39 is 0 Å². The van der Waals surface area contributed by atoms with Crippen molar-refractivity contribution < 1.29 is 14.3 Å². The summed E-state index contributed by atoms with van der Waals surface area (Å²) in [6.07, 6.45) is 1.60. The fraction of sp³-hybridized carbons (Fsp3) is 0.727. The molecule has 0 heterocycles. The first-order valence-electron chi connectivity index (χ1n) is 5.29. The smallest absolute Gasteiger partial charge is 0.237 e. The van der Waals surface area contributed by atoms with Crippen LogP contribution in [0.3, 0.4) is 0 Å². The van der Waals surface area contributed by atoms with Gasteiger partial charge in [0, 0.05) is 27.3 Å². The molecule has 0 saturated heterocycles. The van der Waals surface area contributed by atoms with Gasteiger partial charge in [-0.05, 0) is 6.92 Å². The van der Waals surface area contributed by atoms with Crippen molar-refractivity contribution >= 4 is 5.91 Å². The first-order valence-corrected chi connectivity index (χ1v) is 5.29. The molecule has 0 aromatic carbocycles. The van der Waals surface area contributed by atoms with Crippen LogP contribution in [0.5, 0.6) is 0 Å². The van der Waals surface area contributed by atoms with Crippen LogP contribution < -0.4 is 10.6 Å². The zero-order valence-corrected chi connectivity index (χ0v) is 10.3. The van der Waals surface area contributed by atoms with Crippen LogP contribution in [0.1, 0.15) is 6.92 Å². The van der Waals surface area contributed by atoms with Gasteiger partial charge in [0.25, 0.3) is 0 Å². The largest absolute Gasteiger partial charge is 0.382 e. The van der Waals surface area contributed by atoms with Crippen molar-refractivity contribution in [1.82, 2.24) is 10.6 Å². The van der Waals surface area contributed by atoms with Gasteiger partial charge in [-0.1, -0.05) is 6.08 Å². The third kappa shape index (κ3) is 6.55. The Morgan fingerprint density at radius 2 is 2.19 bits per heavy atom. The van der Waals surface area contributed by atoms with E-state index in [1.54, 1.807) is 27.2 Å². The molecule has 0 aliphatic carbocycles. The molecule has 0 fully saturated rings. The number of carbonyl (C=O) groups excluding carboxylic acids is 1. The predicted octanol–water partition coefficient (Wildman–Crippen LogP) is -0.0719. The van der Waals surface area contributed by atoms with Gasteiger partial charge in [0.15, 0.2) is 0 Å². The van der Waals surface area contributed by atoms with E-state index in [-0.39, 0.29) is 18.1 Å². The van der Waals surface area contributed by atoms with Gasteiger partial charge in [0.05, 0.1) is 18.8 Å². The Labute approximate surface area is 97.2 Å². The molecular weight excluding hydrogens is 208 g/mol. The van der Waals surface area contributed by atoms with Gasteiger partial charge in [0.1, 0.15) is 0 Å². The average Bonchev–Trinajstić information content (AvgIpc) is 2.30. The topological polar surface area (TPSA) is 59.6 Å². The second-order valence-electron chi connectivity index (χ2n) is 3.48. The molecular formula is C11H22N2O3. The number of carbonyl (C=O) groups is 1. The van der Waals surface area contributed by atoms with Crippen LogP contribution >= 0.6 is 0 Å². The molecule has 5 nitrogen and oxygen atoms in total. The van der Waals surface area contributed by atoms with Gasteiger partial charge in [-0.25, -0.2) is 0 Å². The summed E-state index contributed by atoms with van der Waals surface area (Å²) in [4.78, 5) is 11.5. The number of hydrogen-bond acceptors (Lipinski definition) is 4. The Kier molecular flexibility index (Phi) is 8.80. The van der Waals surface area contributed by atoms with Crippen molar-refractivity contribution in [3.63, 3.8) is 0 Å². The van der Waals surface area contributed by atoms with Crippen LogP contribution in [0.4, 0.5) is 0 Å². The lowest BCUT2D eigenvalue weighted by Crippen LogP contribution is -2.45. The van der Waals surface area contributed by atoms with E-state index in [4.69, 9.17) is 9.47 Å². The maximum atomic E-state index is 11.5. The Hall–Kier alpha value is -0.910. The summed E-state index contributed by atoms with van der Waals surface area (Å²) in [5.41, 5.74) is 0. The van der Waals surface area contributed by atoms with Crippen LogP contribution in [0.25, 0.3) is 0 Å². The van der Waals surface area contributed by atoms with Crippen LogP contribution in [-0.2, 0) is 14.3 Å². The highest BCUT2D eigenvalue weighted by molar-refractivity contribution is 5.81. The summed E-state index contributed by atoms with van der Waals surface area (Å²) in [5.74, 6) is -0.0489. The third-order valence-electron chi connectivity index (χ3n) is 2.15. The SMILES string of the molecule is C=CCNC(=O)C(C)NCC(COC)OC. The lowest BCUT2D eigenvalue weighted by atomic mass is 10.3. The van der Waals surface area contributed by atoms with Crippen LogP contribution in [-0.4, -0.2) is 52.0 Å². The number of hydrogen-bond donors (Lipinski definition) is 2. The Bertz CT molecular complexity index is 209. The number of methoxy groups -OCH3 is 2. The second-order valence-corrected chi connectivity index (χ2v) is 3.48. The lowest BCUT2D eigenvalue weighted by Gasteiger charge is -2.18. The monoisotopic (exact) mass is 230 g/mol. The van der Waals surface area contributed by atoms with Gasteiger partial charge in [0.2, 0.25) is 5.91 Å². The molecule has 0 aliphatic heterocycles. The zero-order valence-electron chi connectivity index (χ0n) is 10.3. The maximum absolute atomic E-state index is 11.5. The van der Waals surface area contributed by atoms with Crippen molar-refractivity contribution in [3.8, 4) is 0 Å². The number of rotatable bonds is 9. The van der Waals surface area contributed by atoms with Gasteiger partial charge >= 0.3 is 0 Å². The second kappa shape index (κ2) is 9.33. The quantitative estimate of drug-likeness (QED) is 0.544. The van der Waals surface area contributed by atoms with Gasteiger partial charge in [-0.15, -0.1) is 6.58 Å². The molecule has 0 rings (SSSR count). The first kappa shape index (κ1) is 15.1. The van der Waals surface area contributed by atoms with Crippen molar-refractivity contribution in [2.45, 2.75) is 19.1 Å². The molecule has 0 radical (unpaired) electrons. The molecule has 16 heavy (non-hydrogen) atoms. The molecule has 2 N–H and O–H groups in total. The highest BCUT2D eigenvalue weighted by Crippen LogP contribution is 1.90. The average molecular weight is 230 g/mol. The van der Waals surface area contributed by atoms with E-state index in [9.17, 15) is 4.79 Å². The summed E-state index contributed by atoms with van der Waals surface area (Å²) >= 11 is 0. The molecule has 0 bridgehead atoms. The van der Waals surface area contributed by atoms with Gasteiger partial charge in [-0.3, -0.25) is 4.79 Å². The molecule has 94 valence electrons. The third-order valence-corrected chi connectivity index (χ3v) is 2.15. The highest BCUT2D eigenvalue weighted by Gasteiger charge is 2.14. The summed E-state index contributed by atoms with van der Waals surface area (Å²) in [7, 11) is 3.24. The van der Waals surface area contributed by atoms with Crippen LogP contribution in [0.15, 0.2) is 12.7 Å². The number of amides is 1. The normalized spacial score (nSPS) is 14.2. The minimum absolute atomic E-state index is 0.0420. The van der Waals surface area contributed by atoms with Crippen LogP contribution in [0, 0.1) is 0 Å². The lowest BCUT2D eigenvalue weighted by molar-refractivity contribution is -0.122. The Balaban J connectivity index is 3.80. The van der Waals surface area contributed by atoms with Crippen molar-refractivity contribution in [2.75, 3.05) is 33.9 Å². The van der Waals surface area contributed by atoms with Gasteiger partial charge in [-0.2, -0.15) is 0 Å². The zero-order chi connectivity index (χ0) is 12.4. The van der Waals surface area contributed by atoms with Crippen LogP contribution in [0.2, 0.25) is 0 Å². The van der Waals surface area contributed by atoms with Crippen molar-refractivity contribution in [3.05, 3.63) is 12.7 Å². The molecule has 0 saturated carbocycles. The van der Waals surface area contributed by atoms with Crippen molar-refractivity contribution in [2.24, 2.45) is 0 Å². The van der Waals surface area contributed by atoms with E-state index in [1.807, 2.05) is 0 Å². The number of nitrogens with one attached hydrogen (secondary N) is 2. The Morgan fingerprint density at radius 1 is 1.50 bits per heavy atom. The Morgan fingerprint density at radius 3 is 2.69 bits per heavy atom. The molecule has 2 atom stereocenters. The van der Waals surface area contributed by atoms with Crippen molar-refractivity contribution in [1.29, 1.82) is 0 Å². The van der Waals surface area contributed by atoms with E-state index in [0.29, 0.717) is 19.7 Å². The summed E-state index contributed by atoms with van der Waals surface area (Å²) in [5, 5.41) is 5.79. The molecule has 0 spiro atoms. The molecule has 5 heteroatoms. The minimum atomic E-state index is -0.255. The molecule has 1 amide bonds. The molecule has 2 unspecified atom stereocenters. The molecule has 0 aromatic heterocycles. The molecule has 0 aromatic rings. The summed E-state index contributed by atoms with van der Waals surface area (Å²) in [6, 6.07) is -0.255. The van der Waals surface area contributed by atoms with E-state index in [0.717, 1.165) is 0 Å². The standard InChI is InChI=1S/C11H22N2O3/c1-5-6-12-11(14)9(2)13-7-10(16-4)8-15-3/h5,9-10,13H,1,6-8H2,2-4H3,(H,12,14). The minimum Gasteiger partial charge on any atom is -0.382 e. The highest BCUT2D eigenvalue weighted by atomic mass is 16.5. The first-order chi connectivity index (χ1) is 7.65. The summed E-state index contributed by atoms with van der Waals surface area (Å²) < 4.78 is 10.1. The summed E-state index contributed by atoms with van der Waals surface area (Å²) in [6.45, 7) is 6.90. The van der Waals surface area contributed by atoms with E-state index in [1.165, 1.54) is 0 Å². The molecule has 0 aliphatic rings. The van der Waals surface area contributed by atoms with Gasteiger partial charge < -0.3 is 20.1 Å². The predicted molar refractivity (Wildman–Crippen MR) is 63.3 cm³/mol. The van der Waals surface area contributed by atoms with E-state index >= 15 is 0 Å². The van der Waals surface area contributed by atoms with E-state index in [2.05, 4.69) is 17.2 Å². The fourth-order valence-electron chi connectivity index (χ4n) is 1.12. The maximum Gasteiger partial charge on any atom is 0.237 e. The number of ether oxygens (including phenoxy) is 2.